The number of carbonyl (C=O) groups is 1. The van der Waals surface area contributed by atoms with Gasteiger partial charge < -0.3 is 5.32 Å². The van der Waals surface area contributed by atoms with E-state index < -0.39 is 0 Å². The average Bonchev–Trinajstić information content (AvgIpc) is 3.31. The molecular formula is C25H22FN3OS. The highest BCUT2D eigenvalue weighted by atomic mass is 32.1. The molecule has 4 aromatic rings. The van der Waals surface area contributed by atoms with Crippen LogP contribution in [0, 0.1) is 5.82 Å². The number of benzene rings is 2. The third-order valence-electron chi connectivity index (χ3n) is 5.07. The lowest BCUT2D eigenvalue weighted by atomic mass is 9.96. The molecule has 4 rings (SSSR count). The van der Waals surface area contributed by atoms with E-state index in [1.807, 2.05) is 60.0 Å². The summed E-state index contributed by atoms with van der Waals surface area (Å²) in [6, 6.07) is 18.7. The van der Waals surface area contributed by atoms with Crippen molar-refractivity contribution in [3.63, 3.8) is 0 Å². The van der Waals surface area contributed by atoms with Crippen LogP contribution in [-0.2, 0) is 24.2 Å². The molecule has 4 nitrogen and oxygen atoms in total. The van der Waals surface area contributed by atoms with Gasteiger partial charge in [-0.2, -0.15) is 0 Å². The Morgan fingerprint density at radius 3 is 2.68 bits per heavy atom. The summed E-state index contributed by atoms with van der Waals surface area (Å²) in [4.78, 5) is 21.3. The Hall–Kier alpha value is -3.22. The van der Waals surface area contributed by atoms with Crippen LogP contribution in [0.4, 0.5) is 4.39 Å². The zero-order valence-corrected chi connectivity index (χ0v) is 17.7. The highest BCUT2D eigenvalue weighted by molar-refractivity contribution is 7.07. The van der Waals surface area contributed by atoms with Crippen molar-refractivity contribution in [1.29, 1.82) is 0 Å². The Labute approximate surface area is 184 Å². The van der Waals surface area contributed by atoms with E-state index in [1.54, 1.807) is 17.8 Å². The number of nitrogens with one attached hydrogen (secondary N) is 1. The van der Waals surface area contributed by atoms with Crippen LogP contribution >= 0.6 is 11.3 Å². The molecule has 2 heterocycles. The monoisotopic (exact) mass is 431 g/mol. The highest BCUT2D eigenvalue weighted by Crippen LogP contribution is 2.23. The van der Waals surface area contributed by atoms with Crippen molar-refractivity contribution < 1.29 is 9.18 Å². The molecule has 0 radical (unpaired) electrons. The van der Waals surface area contributed by atoms with Gasteiger partial charge in [-0.05, 0) is 29.2 Å². The van der Waals surface area contributed by atoms with Gasteiger partial charge in [-0.3, -0.25) is 9.78 Å². The minimum absolute atomic E-state index is 0.0893. The van der Waals surface area contributed by atoms with E-state index in [2.05, 4.69) is 15.3 Å². The molecule has 31 heavy (non-hydrogen) atoms. The van der Waals surface area contributed by atoms with Gasteiger partial charge in [-0.25, -0.2) is 9.37 Å². The van der Waals surface area contributed by atoms with Crippen molar-refractivity contribution in [2.24, 2.45) is 0 Å². The van der Waals surface area contributed by atoms with Gasteiger partial charge in [-0.1, -0.05) is 54.6 Å². The van der Waals surface area contributed by atoms with Crippen molar-refractivity contribution in [1.82, 2.24) is 15.3 Å². The lowest BCUT2D eigenvalue weighted by molar-refractivity contribution is -0.120. The summed E-state index contributed by atoms with van der Waals surface area (Å²) in [6.07, 6.45) is 3.63. The molecule has 0 saturated heterocycles. The van der Waals surface area contributed by atoms with Gasteiger partial charge in [0.05, 0.1) is 23.4 Å². The molecule has 0 amide bonds. The lowest BCUT2D eigenvalue weighted by Gasteiger charge is -2.18. The number of halogens is 1. The smallest absolute Gasteiger partial charge is 0.154 e. The van der Waals surface area contributed by atoms with Crippen molar-refractivity contribution in [2.75, 3.05) is 0 Å². The first-order valence-electron chi connectivity index (χ1n) is 10.0. The number of hydrogen-bond donors (Lipinski definition) is 1. The molecule has 0 unspecified atom stereocenters. The zero-order valence-electron chi connectivity index (χ0n) is 16.9. The van der Waals surface area contributed by atoms with E-state index in [9.17, 15) is 9.18 Å². The molecule has 0 aliphatic heterocycles. The number of thiazole rings is 1. The molecule has 156 valence electrons. The molecule has 0 aliphatic rings. The minimum Gasteiger partial charge on any atom is -0.301 e. The number of pyridine rings is 1. The van der Waals surface area contributed by atoms with Crippen molar-refractivity contribution in [3.05, 3.63) is 107 Å². The van der Waals surface area contributed by atoms with E-state index >= 15 is 0 Å². The van der Waals surface area contributed by atoms with E-state index in [4.69, 9.17) is 0 Å². The average molecular weight is 432 g/mol. The molecule has 0 spiro atoms. The first kappa shape index (κ1) is 21.0. The third-order valence-corrected chi connectivity index (χ3v) is 5.71. The van der Waals surface area contributed by atoms with E-state index in [0.717, 1.165) is 22.4 Å². The van der Waals surface area contributed by atoms with Crippen LogP contribution in [0.3, 0.4) is 0 Å². The topological polar surface area (TPSA) is 54.9 Å². The van der Waals surface area contributed by atoms with Crippen LogP contribution < -0.4 is 5.32 Å². The standard InChI is InChI=1S/C25H22FN3OS/c26-23-15-27-10-9-22(23)20-8-4-7-19(11-20)13-25(30)24(12-18-5-2-1-3-6-18)28-14-21-16-31-17-29-21/h1-11,15-17,24,28H,12-14H2/t24-/m0/s1. The lowest BCUT2D eigenvalue weighted by Crippen LogP contribution is -2.39. The fourth-order valence-electron chi connectivity index (χ4n) is 3.48. The molecule has 0 bridgehead atoms. The molecular weight excluding hydrogens is 409 g/mol. The van der Waals surface area contributed by atoms with Gasteiger partial charge in [0, 0.05) is 30.1 Å². The van der Waals surface area contributed by atoms with Crippen molar-refractivity contribution in [2.45, 2.75) is 25.4 Å². The maximum Gasteiger partial charge on any atom is 0.154 e. The number of Topliss-reactive ketones (excluding diaryl/α,β-unsaturated/α-hetero) is 1. The second kappa shape index (κ2) is 10.2. The van der Waals surface area contributed by atoms with Crippen LogP contribution in [0.25, 0.3) is 11.1 Å². The Morgan fingerprint density at radius 2 is 1.90 bits per heavy atom. The van der Waals surface area contributed by atoms with Gasteiger partial charge in [0.1, 0.15) is 5.82 Å². The number of nitrogens with zero attached hydrogens (tertiary/aromatic N) is 2. The third kappa shape index (κ3) is 5.69. The fraction of sp³-hybridized carbons (Fsp3) is 0.160. The molecule has 1 N–H and O–H groups in total. The normalized spacial score (nSPS) is 11.9. The fourth-order valence-corrected chi connectivity index (χ4v) is 4.04. The number of carbonyl (C=O) groups excluding carboxylic acids is 1. The van der Waals surface area contributed by atoms with Gasteiger partial charge in [0.2, 0.25) is 0 Å². The Bertz CT molecular complexity index is 1130. The number of hydrogen-bond acceptors (Lipinski definition) is 5. The molecule has 6 heteroatoms. The summed E-state index contributed by atoms with van der Waals surface area (Å²) < 4.78 is 14.1. The van der Waals surface area contributed by atoms with Crippen LogP contribution in [0.2, 0.25) is 0 Å². The highest BCUT2D eigenvalue weighted by Gasteiger charge is 2.19. The summed E-state index contributed by atoms with van der Waals surface area (Å²) >= 11 is 1.54. The maximum absolute atomic E-state index is 14.1. The van der Waals surface area contributed by atoms with Gasteiger partial charge >= 0.3 is 0 Å². The van der Waals surface area contributed by atoms with Gasteiger partial charge in [0.25, 0.3) is 0 Å². The Kier molecular flexibility index (Phi) is 6.92. The Morgan fingerprint density at radius 1 is 1.06 bits per heavy atom. The summed E-state index contributed by atoms with van der Waals surface area (Å²) in [6.45, 7) is 0.537. The molecule has 0 fully saturated rings. The molecule has 2 aromatic heterocycles. The number of ketones is 1. The van der Waals surface area contributed by atoms with E-state index in [1.165, 1.54) is 17.5 Å². The maximum atomic E-state index is 14.1. The molecule has 2 aromatic carbocycles. The predicted octanol–water partition coefficient (Wildman–Crippen LogP) is 4.86. The zero-order chi connectivity index (χ0) is 21.5. The van der Waals surface area contributed by atoms with Crippen LogP contribution in [0.1, 0.15) is 16.8 Å². The number of rotatable bonds is 9. The van der Waals surface area contributed by atoms with Gasteiger partial charge in [0.15, 0.2) is 5.78 Å². The SMILES string of the molecule is O=C(Cc1cccc(-c2ccncc2F)c1)[C@H](Cc1ccccc1)NCc1cscn1. The van der Waals surface area contributed by atoms with Gasteiger partial charge in [-0.15, -0.1) is 11.3 Å². The van der Waals surface area contributed by atoms with E-state index in [0.29, 0.717) is 18.5 Å². The minimum atomic E-state index is -0.377. The second-order valence-electron chi connectivity index (χ2n) is 7.30. The largest absolute Gasteiger partial charge is 0.301 e. The first-order valence-corrected chi connectivity index (χ1v) is 11.0. The van der Waals surface area contributed by atoms with Crippen LogP contribution in [0.15, 0.2) is 83.9 Å². The first-order chi connectivity index (χ1) is 15.2. The Balaban J connectivity index is 1.51. The molecule has 1 atom stereocenters. The van der Waals surface area contributed by atoms with Crippen LogP contribution in [-0.4, -0.2) is 21.8 Å². The molecule has 0 aliphatic carbocycles. The summed E-state index contributed by atoms with van der Waals surface area (Å²) in [5.74, 6) is -0.288. The summed E-state index contributed by atoms with van der Waals surface area (Å²) in [7, 11) is 0. The van der Waals surface area contributed by atoms with E-state index in [-0.39, 0.29) is 24.1 Å². The van der Waals surface area contributed by atoms with Crippen molar-refractivity contribution in [3.8, 4) is 11.1 Å². The summed E-state index contributed by atoms with van der Waals surface area (Å²) in [5.41, 5.74) is 5.87. The quantitative estimate of drug-likeness (QED) is 0.411. The predicted molar refractivity (Wildman–Crippen MR) is 121 cm³/mol. The summed E-state index contributed by atoms with van der Waals surface area (Å²) in [5, 5.41) is 5.35. The second-order valence-corrected chi connectivity index (χ2v) is 8.02. The van der Waals surface area contributed by atoms with Crippen molar-refractivity contribution >= 4 is 17.1 Å². The van der Waals surface area contributed by atoms with Crippen LogP contribution in [0.5, 0.6) is 0 Å². The number of aromatic nitrogens is 2. The molecule has 0 saturated carbocycles.